The number of rotatable bonds is 7. The van der Waals surface area contributed by atoms with Crippen molar-refractivity contribution in [2.75, 3.05) is 6.61 Å². The number of hydrogen-bond donors (Lipinski definition) is 1. The molecule has 0 saturated carbocycles. The molecule has 6 heteroatoms. The number of benzene rings is 2. The second-order valence-electron chi connectivity index (χ2n) is 7.23. The Labute approximate surface area is 170 Å². The van der Waals surface area contributed by atoms with E-state index in [4.69, 9.17) is 9.47 Å². The Hall–Kier alpha value is -3.28. The van der Waals surface area contributed by atoms with E-state index in [2.05, 4.69) is 17.3 Å². The van der Waals surface area contributed by atoms with Gasteiger partial charge in [0.15, 0.2) is 0 Å². The molecule has 0 bridgehead atoms. The molecule has 0 radical (unpaired) electrons. The van der Waals surface area contributed by atoms with Gasteiger partial charge in [-0.1, -0.05) is 30.3 Å². The minimum Gasteiger partial charge on any atom is -0.494 e. The van der Waals surface area contributed by atoms with Gasteiger partial charge in [0.25, 0.3) is 5.91 Å². The Morgan fingerprint density at radius 3 is 2.93 bits per heavy atom. The molecule has 29 heavy (non-hydrogen) atoms. The van der Waals surface area contributed by atoms with Crippen molar-refractivity contribution in [3.63, 3.8) is 0 Å². The Bertz CT molecular complexity index is 998. The van der Waals surface area contributed by atoms with Gasteiger partial charge in [0.05, 0.1) is 24.9 Å². The Kier molecular flexibility index (Phi) is 5.51. The van der Waals surface area contributed by atoms with Gasteiger partial charge in [-0.15, -0.1) is 0 Å². The third kappa shape index (κ3) is 4.42. The standard InChI is InChI=1S/C23H25N3O3/c1-3-28-21-10-18-9-16(2)29-22(18)11-19(21)12-24-23(27)20-13-25-26(15-20)14-17-7-5-4-6-8-17/h4-8,10-11,13,15-16H,3,9,12,14H2,1-2H3,(H,24,27)/t16-/m1/s1. The van der Waals surface area contributed by atoms with Crippen LogP contribution in [-0.2, 0) is 19.5 Å². The van der Waals surface area contributed by atoms with Gasteiger partial charge in [0.1, 0.15) is 17.6 Å². The van der Waals surface area contributed by atoms with Gasteiger partial charge in [-0.05, 0) is 31.5 Å². The molecule has 2 heterocycles. The minimum atomic E-state index is -0.165. The zero-order valence-corrected chi connectivity index (χ0v) is 16.7. The van der Waals surface area contributed by atoms with Crippen molar-refractivity contribution < 1.29 is 14.3 Å². The molecule has 0 spiro atoms. The highest BCUT2D eigenvalue weighted by Crippen LogP contribution is 2.35. The van der Waals surface area contributed by atoms with Crippen molar-refractivity contribution in [3.8, 4) is 11.5 Å². The lowest BCUT2D eigenvalue weighted by Crippen LogP contribution is -2.22. The summed E-state index contributed by atoms with van der Waals surface area (Å²) in [6.45, 7) is 5.57. The van der Waals surface area contributed by atoms with E-state index in [1.807, 2.05) is 49.4 Å². The van der Waals surface area contributed by atoms with Crippen molar-refractivity contribution in [1.29, 1.82) is 0 Å². The first-order chi connectivity index (χ1) is 14.1. The fraction of sp³-hybridized carbons (Fsp3) is 0.304. The number of amides is 1. The molecule has 1 amide bonds. The molecule has 1 aromatic heterocycles. The van der Waals surface area contributed by atoms with Crippen molar-refractivity contribution >= 4 is 5.91 Å². The highest BCUT2D eigenvalue weighted by molar-refractivity contribution is 5.93. The number of hydrogen-bond acceptors (Lipinski definition) is 4. The predicted molar refractivity (Wildman–Crippen MR) is 110 cm³/mol. The summed E-state index contributed by atoms with van der Waals surface area (Å²) in [6.07, 6.45) is 4.40. The summed E-state index contributed by atoms with van der Waals surface area (Å²) in [5.74, 6) is 1.51. The molecular weight excluding hydrogens is 366 g/mol. The summed E-state index contributed by atoms with van der Waals surface area (Å²) in [5, 5.41) is 7.27. The van der Waals surface area contributed by atoms with E-state index in [1.165, 1.54) is 0 Å². The van der Waals surface area contributed by atoms with Crippen LogP contribution in [-0.4, -0.2) is 28.4 Å². The van der Waals surface area contributed by atoms with Crippen LogP contribution in [0.2, 0.25) is 0 Å². The SMILES string of the molecule is CCOc1cc2c(cc1CNC(=O)c1cnn(Cc3ccccc3)c1)O[C@H](C)C2. The van der Waals surface area contributed by atoms with E-state index in [0.717, 1.165) is 34.6 Å². The fourth-order valence-electron chi connectivity index (χ4n) is 3.52. The summed E-state index contributed by atoms with van der Waals surface area (Å²) in [4.78, 5) is 12.6. The number of carbonyl (C=O) groups excluding carboxylic acids is 1. The van der Waals surface area contributed by atoms with Gasteiger partial charge in [-0.25, -0.2) is 0 Å². The largest absolute Gasteiger partial charge is 0.494 e. The van der Waals surface area contributed by atoms with Gasteiger partial charge in [0, 0.05) is 30.3 Å². The van der Waals surface area contributed by atoms with E-state index in [1.54, 1.807) is 17.1 Å². The molecule has 2 aromatic carbocycles. The molecule has 150 valence electrons. The van der Waals surface area contributed by atoms with Crippen LogP contribution in [0.4, 0.5) is 0 Å². The van der Waals surface area contributed by atoms with Gasteiger partial charge in [0.2, 0.25) is 0 Å². The summed E-state index contributed by atoms with van der Waals surface area (Å²) in [5.41, 5.74) is 3.73. The summed E-state index contributed by atoms with van der Waals surface area (Å²) >= 11 is 0. The van der Waals surface area contributed by atoms with Gasteiger partial charge < -0.3 is 14.8 Å². The molecule has 1 aliphatic rings. The molecule has 3 aromatic rings. The van der Waals surface area contributed by atoms with Crippen LogP contribution in [0.5, 0.6) is 11.5 Å². The van der Waals surface area contributed by atoms with Crippen LogP contribution >= 0.6 is 0 Å². The number of nitrogens with one attached hydrogen (secondary N) is 1. The number of nitrogens with zero attached hydrogens (tertiary/aromatic N) is 2. The maximum absolute atomic E-state index is 12.6. The highest BCUT2D eigenvalue weighted by Gasteiger charge is 2.22. The molecule has 0 aliphatic carbocycles. The quantitative estimate of drug-likeness (QED) is 0.669. The van der Waals surface area contributed by atoms with Crippen molar-refractivity contribution in [2.24, 2.45) is 0 Å². The predicted octanol–water partition coefficient (Wildman–Crippen LogP) is 3.58. The normalized spacial score (nSPS) is 14.9. The first-order valence-corrected chi connectivity index (χ1v) is 9.92. The molecule has 1 atom stereocenters. The first kappa shape index (κ1) is 19.1. The van der Waals surface area contributed by atoms with E-state index in [9.17, 15) is 4.79 Å². The number of aromatic nitrogens is 2. The Morgan fingerprint density at radius 2 is 2.14 bits per heavy atom. The topological polar surface area (TPSA) is 65.4 Å². The summed E-state index contributed by atoms with van der Waals surface area (Å²) in [6, 6.07) is 14.0. The molecular formula is C23H25N3O3. The monoisotopic (exact) mass is 391 g/mol. The first-order valence-electron chi connectivity index (χ1n) is 9.92. The van der Waals surface area contributed by atoms with Crippen molar-refractivity contribution in [1.82, 2.24) is 15.1 Å². The molecule has 0 saturated heterocycles. The molecule has 1 N–H and O–H groups in total. The van der Waals surface area contributed by atoms with E-state index in [0.29, 0.717) is 25.3 Å². The van der Waals surface area contributed by atoms with Crippen LogP contribution in [0, 0.1) is 0 Å². The molecule has 4 rings (SSSR count). The average molecular weight is 391 g/mol. The lowest BCUT2D eigenvalue weighted by Gasteiger charge is -2.13. The van der Waals surface area contributed by atoms with Crippen molar-refractivity contribution in [2.45, 2.75) is 39.5 Å². The second kappa shape index (κ2) is 8.39. The third-order valence-corrected chi connectivity index (χ3v) is 4.90. The molecule has 0 unspecified atom stereocenters. The van der Waals surface area contributed by atoms with Gasteiger partial charge in [-0.3, -0.25) is 9.48 Å². The highest BCUT2D eigenvalue weighted by atomic mass is 16.5. The Morgan fingerprint density at radius 1 is 1.31 bits per heavy atom. The number of carbonyl (C=O) groups is 1. The Balaban J connectivity index is 1.43. The average Bonchev–Trinajstić information content (AvgIpc) is 3.32. The second-order valence-corrected chi connectivity index (χ2v) is 7.23. The summed E-state index contributed by atoms with van der Waals surface area (Å²) in [7, 11) is 0. The molecule has 1 aliphatic heterocycles. The van der Waals surface area contributed by atoms with Crippen LogP contribution in [0.3, 0.4) is 0 Å². The van der Waals surface area contributed by atoms with Crippen LogP contribution in [0.25, 0.3) is 0 Å². The van der Waals surface area contributed by atoms with Crippen LogP contribution < -0.4 is 14.8 Å². The van der Waals surface area contributed by atoms with Gasteiger partial charge in [-0.2, -0.15) is 5.10 Å². The smallest absolute Gasteiger partial charge is 0.254 e. The molecule has 6 nitrogen and oxygen atoms in total. The number of fused-ring (bicyclic) bond motifs is 1. The van der Waals surface area contributed by atoms with E-state index < -0.39 is 0 Å². The van der Waals surface area contributed by atoms with Crippen LogP contribution in [0.15, 0.2) is 54.9 Å². The van der Waals surface area contributed by atoms with Crippen LogP contribution in [0.1, 0.15) is 40.9 Å². The lowest BCUT2D eigenvalue weighted by atomic mass is 10.1. The lowest BCUT2D eigenvalue weighted by molar-refractivity contribution is 0.0950. The third-order valence-electron chi connectivity index (χ3n) is 4.90. The zero-order chi connectivity index (χ0) is 20.2. The fourth-order valence-corrected chi connectivity index (χ4v) is 3.52. The van der Waals surface area contributed by atoms with E-state index in [-0.39, 0.29) is 12.0 Å². The summed E-state index contributed by atoms with van der Waals surface area (Å²) < 4.78 is 13.4. The maximum atomic E-state index is 12.6. The van der Waals surface area contributed by atoms with Crippen molar-refractivity contribution in [3.05, 3.63) is 77.1 Å². The minimum absolute atomic E-state index is 0.165. The number of ether oxygens (including phenoxy) is 2. The zero-order valence-electron chi connectivity index (χ0n) is 16.7. The van der Waals surface area contributed by atoms with E-state index >= 15 is 0 Å². The van der Waals surface area contributed by atoms with Gasteiger partial charge >= 0.3 is 0 Å². The maximum Gasteiger partial charge on any atom is 0.254 e. The molecule has 0 fully saturated rings.